The summed E-state index contributed by atoms with van der Waals surface area (Å²) < 4.78 is 6.81. The van der Waals surface area contributed by atoms with Crippen molar-refractivity contribution < 1.29 is 14.0 Å². The lowest BCUT2D eigenvalue weighted by Gasteiger charge is -2.24. The van der Waals surface area contributed by atoms with Crippen molar-refractivity contribution in [2.45, 2.75) is 25.8 Å². The first-order valence-corrected chi connectivity index (χ1v) is 10.0. The van der Waals surface area contributed by atoms with Gasteiger partial charge in [-0.05, 0) is 38.0 Å². The Balaban J connectivity index is 1.65. The van der Waals surface area contributed by atoms with Crippen LogP contribution in [0.25, 0.3) is 11.1 Å². The molecule has 3 heterocycles. The van der Waals surface area contributed by atoms with Crippen molar-refractivity contribution in [3.8, 4) is 0 Å². The number of carbonyl (C=O) groups is 2. The number of fused-ring (bicyclic) bond motifs is 1. The zero-order valence-corrected chi connectivity index (χ0v) is 17.8. The maximum Gasteiger partial charge on any atom is 0.265 e. The average molecular weight is 449 g/mol. The van der Waals surface area contributed by atoms with E-state index in [1.165, 1.54) is 15.8 Å². The quantitative estimate of drug-likeness (QED) is 0.661. The highest BCUT2D eigenvalue weighted by molar-refractivity contribution is 6.35. The van der Waals surface area contributed by atoms with Crippen LogP contribution in [0.1, 0.15) is 29.0 Å². The number of carbonyl (C=O) groups excluding carboxylic acids is 2. The zero-order valence-electron chi connectivity index (χ0n) is 16.2. The number of amides is 2. The molecule has 4 rings (SSSR count). The molecular formula is C20H18Cl2N4O4. The third-order valence-electron chi connectivity index (χ3n) is 5.11. The summed E-state index contributed by atoms with van der Waals surface area (Å²) in [5.41, 5.74) is 0.311. The van der Waals surface area contributed by atoms with E-state index in [0.29, 0.717) is 40.9 Å². The van der Waals surface area contributed by atoms with E-state index in [4.69, 9.17) is 27.6 Å². The number of likely N-dealkylation sites (tertiary alicyclic amines) is 1. The molecule has 1 aliphatic rings. The molecule has 1 aromatic carbocycles. The van der Waals surface area contributed by atoms with Crippen molar-refractivity contribution >= 4 is 51.8 Å². The molecule has 1 atom stereocenters. The highest BCUT2D eigenvalue weighted by Crippen LogP contribution is 2.28. The summed E-state index contributed by atoms with van der Waals surface area (Å²) in [4.78, 5) is 44.4. The van der Waals surface area contributed by atoms with E-state index in [1.807, 2.05) is 0 Å². The predicted molar refractivity (Wildman–Crippen MR) is 113 cm³/mol. The van der Waals surface area contributed by atoms with Crippen molar-refractivity contribution in [3.05, 3.63) is 56.2 Å². The van der Waals surface area contributed by atoms with Gasteiger partial charge in [-0.1, -0.05) is 23.2 Å². The van der Waals surface area contributed by atoms with Gasteiger partial charge in [0.1, 0.15) is 23.5 Å². The lowest BCUT2D eigenvalue weighted by molar-refractivity contribution is -0.119. The summed E-state index contributed by atoms with van der Waals surface area (Å²) in [6, 6.07) is 4.02. The molecule has 2 amide bonds. The number of hydrogen-bond acceptors (Lipinski definition) is 5. The van der Waals surface area contributed by atoms with Crippen LogP contribution >= 0.6 is 23.2 Å². The molecule has 30 heavy (non-hydrogen) atoms. The molecule has 3 aromatic rings. The van der Waals surface area contributed by atoms with Gasteiger partial charge in [-0.15, -0.1) is 0 Å². The highest BCUT2D eigenvalue weighted by atomic mass is 35.5. The van der Waals surface area contributed by atoms with E-state index in [-0.39, 0.29) is 28.1 Å². The third-order valence-corrected chi connectivity index (χ3v) is 5.54. The van der Waals surface area contributed by atoms with E-state index in [9.17, 15) is 14.4 Å². The molecule has 1 N–H and O–H groups in total. The number of nitrogens with zero attached hydrogens (tertiary/aromatic N) is 3. The lowest BCUT2D eigenvalue weighted by atomic mass is 10.1. The van der Waals surface area contributed by atoms with E-state index in [0.717, 1.165) is 0 Å². The molecule has 1 saturated heterocycles. The molecule has 0 bridgehead atoms. The molecule has 10 heteroatoms. The standard InChI is InChI=1S/C20H18Cl2N4O4/c1-10-15(16-18(30-10)23-9-25(2)19(16)28)20(29)26-5-3-4-14(26)17(27)24-13-7-11(21)6-12(22)8-13/h6-9,14H,3-5H2,1-2H3,(H,24,27). The summed E-state index contributed by atoms with van der Waals surface area (Å²) in [6.07, 6.45) is 2.49. The Bertz CT molecular complexity index is 1210. The van der Waals surface area contributed by atoms with Crippen molar-refractivity contribution in [2.24, 2.45) is 7.05 Å². The Morgan fingerprint density at radius 2 is 1.93 bits per heavy atom. The van der Waals surface area contributed by atoms with E-state index >= 15 is 0 Å². The number of aromatic nitrogens is 2. The second-order valence-electron chi connectivity index (χ2n) is 7.18. The summed E-state index contributed by atoms with van der Waals surface area (Å²) >= 11 is 12.0. The van der Waals surface area contributed by atoms with Gasteiger partial charge in [0.05, 0.1) is 5.56 Å². The number of anilines is 1. The van der Waals surface area contributed by atoms with Gasteiger partial charge in [-0.2, -0.15) is 0 Å². The number of rotatable bonds is 3. The van der Waals surface area contributed by atoms with Gasteiger partial charge >= 0.3 is 0 Å². The molecular weight excluding hydrogens is 431 g/mol. The predicted octanol–water partition coefficient (Wildman–Crippen LogP) is 3.39. The van der Waals surface area contributed by atoms with Crippen molar-refractivity contribution in [1.29, 1.82) is 0 Å². The number of aryl methyl sites for hydroxylation is 2. The van der Waals surface area contributed by atoms with Crippen LogP contribution in [0.3, 0.4) is 0 Å². The average Bonchev–Trinajstić information content (AvgIpc) is 3.28. The molecule has 156 valence electrons. The Kier molecular flexibility index (Phi) is 5.29. The molecule has 1 fully saturated rings. The number of halogens is 2. The normalized spacial score (nSPS) is 16.3. The van der Waals surface area contributed by atoms with Crippen molar-refractivity contribution in [2.75, 3.05) is 11.9 Å². The highest BCUT2D eigenvalue weighted by Gasteiger charge is 2.37. The molecule has 2 aromatic heterocycles. The van der Waals surface area contributed by atoms with Crippen LogP contribution in [-0.2, 0) is 11.8 Å². The monoisotopic (exact) mass is 448 g/mol. The topological polar surface area (TPSA) is 97.4 Å². The zero-order chi connectivity index (χ0) is 21.6. The molecule has 0 radical (unpaired) electrons. The van der Waals surface area contributed by atoms with Crippen LogP contribution in [0, 0.1) is 6.92 Å². The third kappa shape index (κ3) is 3.57. The summed E-state index contributed by atoms with van der Waals surface area (Å²) in [7, 11) is 1.55. The van der Waals surface area contributed by atoms with Gasteiger partial charge in [-0.25, -0.2) is 4.98 Å². The van der Waals surface area contributed by atoms with Gasteiger partial charge in [0.25, 0.3) is 11.5 Å². The second-order valence-corrected chi connectivity index (χ2v) is 8.05. The number of hydrogen-bond donors (Lipinski definition) is 1. The summed E-state index contributed by atoms with van der Waals surface area (Å²) in [5.74, 6) is -0.493. The first kappa shape index (κ1) is 20.4. The SMILES string of the molecule is Cc1oc2ncn(C)c(=O)c2c1C(=O)N1CCCC1C(=O)Nc1cc(Cl)cc(Cl)c1. The minimum atomic E-state index is -0.694. The Hall–Kier alpha value is -2.84. The Morgan fingerprint density at radius 1 is 1.23 bits per heavy atom. The van der Waals surface area contributed by atoms with Crippen molar-refractivity contribution in [1.82, 2.24) is 14.5 Å². The van der Waals surface area contributed by atoms with Gasteiger partial charge in [0, 0.05) is 29.3 Å². The largest absolute Gasteiger partial charge is 0.442 e. The van der Waals surface area contributed by atoms with Gasteiger partial charge in [0.15, 0.2) is 0 Å². The molecule has 0 saturated carbocycles. The minimum Gasteiger partial charge on any atom is -0.442 e. The first-order valence-electron chi connectivity index (χ1n) is 9.29. The van der Waals surface area contributed by atoms with Crippen LogP contribution in [0.5, 0.6) is 0 Å². The van der Waals surface area contributed by atoms with Crippen molar-refractivity contribution in [3.63, 3.8) is 0 Å². The van der Waals surface area contributed by atoms with E-state index in [1.54, 1.807) is 32.2 Å². The Morgan fingerprint density at radius 3 is 2.63 bits per heavy atom. The smallest absolute Gasteiger partial charge is 0.265 e. The first-order chi connectivity index (χ1) is 14.3. The van der Waals surface area contributed by atoms with E-state index in [2.05, 4.69) is 10.3 Å². The molecule has 0 aliphatic carbocycles. The fourth-order valence-corrected chi connectivity index (χ4v) is 4.25. The van der Waals surface area contributed by atoms with Crippen LogP contribution in [-0.4, -0.2) is 38.9 Å². The molecule has 1 aliphatic heterocycles. The molecule has 0 spiro atoms. The maximum atomic E-state index is 13.3. The number of nitrogens with one attached hydrogen (secondary N) is 1. The van der Waals surface area contributed by atoms with Gasteiger partial charge in [0.2, 0.25) is 11.6 Å². The minimum absolute atomic E-state index is 0.104. The summed E-state index contributed by atoms with van der Waals surface area (Å²) in [6.45, 7) is 1.99. The second kappa shape index (κ2) is 7.77. The molecule has 8 nitrogen and oxygen atoms in total. The van der Waals surface area contributed by atoms with Gasteiger partial charge < -0.3 is 19.2 Å². The van der Waals surface area contributed by atoms with E-state index < -0.39 is 11.9 Å². The fourth-order valence-electron chi connectivity index (χ4n) is 3.72. The Labute approximate surface area is 181 Å². The fraction of sp³-hybridized carbons (Fsp3) is 0.300. The number of furan rings is 1. The van der Waals surface area contributed by atoms with Crippen LogP contribution in [0.4, 0.5) is 5.69 Å². The summed E-state index contributed by atoms with van der Waals surface area (Å²) in [5, 5.41) is 3.66. The van der Waals surface area contributed by atoms with Crippen LogP contribution < -0.4 is 10.9 Å². The number of benzene rings is 1. The van der Waals surface area contributed by atoms with Crippen LogP contribution in [0.2, 0.25) is 10.0 Å². The lowest BCUT2D eigenvalue weighted by Crippen LogP contribution is -2.43. The van der Waals surface area contributed by atoms with Crippen LogP contribution in [0.15, 0.2) is 33.7 Å². The van der Waals surface area contributed by atoms with Gasteiger partial charge in [-0.3, -0.25) is 14.4 Å². The molecule has 1 unspecified atom stereocenters. The maximum absolute atomic E-state index is 13.3.